The third kappa shape index (κ3) is 8.59. The Bertz CT molecular complexity index is 622. The van der Waals surface area contributed by atoms with E-state index in [1.165, 1.54) is 18.2 Å². The molecule has 1 amide bonds. The largest absolute Gasteiger partial charge is 0.573 e. The first-order valence-corrected chi connectivity index (χ1v) is 8.02. The van der Waals surface area contributed by atoms with Gasteiger partial charge >= 0.3 is 6.36 Å². The SMILES string of the molecule is CCNC(=NCc1ccccc1OC(F)(F)F)NCC(=O)NC1CC1.I. The lowest BCUT2D eigenvalue weighted by molar-refractivity contribution is -0.274. The summed E-state index contributed by atoms with van der Waals surface area (Å²) in [5, 5.41) is 8.63. The molecule has 10 heteroatoms. The van der Waals surface area contributed by atoms with Crippen LogP contribution in [0.4, 0.5) is 13.2 Å². The van der Waals surface area contributed by atoms with Gasteiger partial charge in [-0.3, -0.25) is 4.79 Å². The number of amides is 1. The molecule has 26 heavy (non-hydrogen) atoms. The van der Waals surface area contributed by atoms with Crippen LogP contribution in [0.2, 0.25) is 0 Å². The number of alkyl halides is 3. The summed E-state index contributed by atoms with van der Waals surface area (Å²) in [6, 6.07) is 6.08. The molecule has 0 radical (unpaired) electrons. The van der Waals surface area contributed by atoms with Gasteiger partial charge in [0.05, 0.1) is 13.1 Å². The molecule has 1 aliphatic rings. The molecule has 0 aliphatic heterocycles. The van der Waals surface area contributed by atoms with Crippen LogP contribution in [0.5, 0.6) is 5.75 Å². The van der Waals surface area contributed by atoms with E-state index in [-0.39, 0.29) is 54.8 Å². The molecule has 3 N–H and O–H groups in total. The predicted molar refractivity (Wildman–Crippen MR) is 103 cm³/mol. The highest BCUT2D eigenvalue weighted by Crippen LogP contribution is 2.26. The zero-order valence-electron chi connectivity index (χ0n) is 14.2. The zero-order valence-corrected chi connectivity index (χ0v) is 16.6. The van der Waals surface area contributed by atoms with Gasteiger partial charge in [0.2, 0.25) is 5.91 Å². The van der Waals surface area contributed by atoms with Crippen LogP contribution in [0, 0.1) is 0 Å². The summed E-state index contributed by atoms with van der Waals surface area (Å²) in [4.78, 5) is 15.9. The van der Waals surface area contributed by atoms with Crippen molar-refractivity contribution in [1.29, 1.82) is 0 Å². The number of hydrogen-bond acceptors (Lipinski definition) is 3. The van der Waals surface area contributed by atoms with Crippen molar-refractivity contribution in [3.05, 3.63) is 29.8 Å². The maximum Gasteiger partial charge on any atom is 0.573 e. The fourth-order valence-electron chi connectivity index (χ4n) is 2.04. The van der Waals surface area contributed by atoms with E-state index in [1.807, 2.05) is 6.92 Å². The van der Waals surface area contributed by atoms with E-state index < -0.39 is 6.36 Å². The highest BCUT2D eigenvalue weighted by Gasteiger charge is 2.31. The van der Waals surface area contributed by atoms with Crippen LogP contribution < -0.4 is 20.7 Å². The molecule has 0 unspecified atom stereocenters. The van der Waals surface area contributed by atoms with Crippen molar-refractivity contribution in [2.75, 3.05) is 13.1 Å². The lowest BCUT2D eigenvalue weighted by atomic mass is 10.2. The molecule has 0 atom stereocenters. The molecule has 0 saturated heterocycles. The smallest absolute Gasteiger partial charge is 0.405 e. The maximum atomic E-state index is 12.4. The fourth-order valence-corrected chi connectivity index (χ4v) is 2.04. The van der Waals surface area contributed by atoms with Crippen LogP contribution in [-0.2, 0) is 11.3 Å². The minimum atomic E-state index is -4.76. The molecule has 1 aromatic rings. The Morgan fingerprint density at radius 3 is 2.58 bits per heavy atom. The van der Waals surface area contributed by atoms with E-state index >= 15 is 0 Å². The maximum absolute atomic E-state index is 12.4. The number of ether oxygens (including phenoxy) is 1. The second-order valence-electron chi connectivity index (χ2n) is 5.55. The molecular weight excluding hydrogens is 464 g/mol. The Balaban J connectivity index is 0.00000338. The van der Waals surface area contributed by atoms with Crippen molar-refractivity contribution < 1.29 is 22.7 Å². The summed E-state index contributed by atoms with van der Waals surface area (Å²) >= 11 is 0. The Morgan fingerprint density at radius 2 is 1.96 bits per heavy atom. The summed E-state index contributed by atoms with van der Waals surface area (Å²) in [5.74, 6) is -0.0924. The van der Waals surface area contributed by atoms with E-state index in [4.69, 9.17) is 0 Å². The monoisotopic (exact) mass is 486 g/mol. The number of benzene rings is 1. The number of nitrogens with zero attached hydrogens (tertiary/aromatic N) is 1. The summed E-state index contributed by atoms with van der Waals surface area (Å²) in [5.41, 5.74) is 0.291. The van der Waals surface area contributed by atoms with Gasteiger partial charge in [0.15, 0.2) is 5.96 Å². The average molecular weight is 486 g/mol. The lowest BCUT2D eigenvalue weighted by Crippen LogP contribution is -2.43. The molecule has 1 aliphatic carbocycles. The number of nitrogens with one attached hydrogen (secondary N) is 3. The standard InChI is InChI=1S/C16H21F3N4O2.HI/c1-2-20-15(22-10-14(24)23-12-7-8-12)21-9-11-5-3-4-6-13(11)25-16(17,18)19;/h3-6,12H,2,7-10H2,1H3,(H,23,24)(H2,20,21,22);1H. The normalized spacial score (nSPS) is 14.2. The summed E-state index contributed by atoms with van der Waals surface area (Å²) < 4.78 is 41.3. The second-order valence-corrected chi connectivity index (χ2v) is 5.55. The van der Waals surface area contributed by atoms with Gasteiger partial charge in [-0.1, -0.05) is 18.2 Å². The Labute approximate surface area is 167 Å². The highest BCUT2D eigenvalue weighted by molar-refractivity contribution is 14.0. The minimum Gasteiger partial charge on any atom is -0.405 e. The first kappa shape index (κ1) is 22.3. The summed E-state index contributed by atoms with van der Waals surface area (Å²) in [6.45, 7) is 2.42. The molecule has 0 heterocycles. The number of rotatable bonds is 7. The zero-order chi connectivity index (χ0) is 18.3. The molecule has 2 rings (SSSR count). The van der Waals surface area contributed by atoms with Crippen LogP contribution in [0.3, 0.4) is 0 Å². The van der Waals surface area contributed by atoms with E-state index in [2.05, 4.69) is 25.7 Å². The number of aliphatic imine (C=N–C) groups is 1. The quantitative estimate of drug-likeness (QED) is 0.315. The number of carbonyl (C=O) groups excluding carboxylic acids is 1. The number of guanidine groups is 1. The fraction of sp³-hybridized carbons (Fsp3) is 0.500. The van der Waals surface area contributed by atoms with E-state index in [0.29, 0.717) is 18.1 Å². The number of para-hydroxylation sites is 1. The van der Waals surface area contributed by atoms with Crippen molar-refractivity contribution in [1.82, 2.24) is 16.0 Å². The van der Waals surface area contributed by atoms with Crippen LogP contribution in [-0.4, -0.2) is 37.4 Å². The van der Waals surface area contributed by atoms with Crippen LogP contribution in [0.1, 0.15) is 25.3 Å². The third-order valence-electron chi connectivity index (χ3n) is 3.31. The van der Waals surface area contributed by atoms with Gasteiger partial charge < -0.3 is 20.7 Å². The molecule has 146 valence electrons. The molecule has 1 saturated carbocycles. The minimum absolute atomic E-state index is 0. The van der Waals surface area contributed by atoms with Crippen molar-refractivity contribution in [2.24, 2.45) is 4.99 Å². The molecule has 6 nitrogen and oxygen atoms in total. The van der Waals surface area contributed by atoms with Crippen molar-refractivity contribution in [2.45, 2.75) is 38.7 Å². The van der Waals surface area contributed by atoms with Gasteiger partial charge in [0.1, 0.15) is 5.75 Å². The number of halogens is 4. The van der Waals surface area contributed by atoms with Crippen LogP contribution in [0.25, 0.3) is 0 Å². The molecular formula is C16H22F3IN4O2. The van der Waals surface area contributed by atoms with Gasteiger partial charge in [-0.25, -0.2) is 4.99 Å². The predicted octanol–water partition coefficient (Wildman–Crippen LogP) is 2.54. The number of hydrogen-bond donors (Lipinski definition) is 3. The van der Waals surface area contributed by atoms with E-state index in [1.54, 1.807) is 6.07 Å². The Kier molecular flexibility index (Phi) is 8.96. The van der Waals surface area contributed by atoms with Crippen molar-refractivity contribution in [3.63, 3.8) is 0 Å². The second kappa shape index (κ2) is 10.4. The molecule has 0 bridgehead atoms. The van der Waals surface area contributed by atoms with Crippen molar-refractivity contribution >= 4 is 35.8 Å². The van der Waals surface area contributed by atoms with Crippen LogP contribution >= 0.6 is 24.0 Å². The highest BCUT2D eigenvalue weighted by atomic mass is 127. The first-order chi connectivity index (χ1) is 11.9. The Hall–Kier alpha value is -1.72. The summed E-state index contributed by atoms with van der Waals surface area (Å²) in [7, 11) is 0. The van der Waals surface area contributed by atoms with Crippen LogP contribution in [0.15, 0.2) is 29.3 Å². The van der Waals surface area contributed by atoms with Crippen molar-refractivity contribution in [3.8, 4) is 5.75 Å². The molecule has 0 aromatic heterocycles. The lowest BCUT2D eigenvalue weighted by Gasteiger charge is -2.14. The first-order valence-electron chi connectivity index (χ1n) is 8.02. The topological polar surface area (TPSA) is 74.8 Å². The third-order valence-corrected chi connectivity index (χ3v) is 3.31. The van der Waals surface area contributed by atoms with E-state index in [0.717, 1.165) is 12.8 Å². The Morgan fingerprint density at radius 1 is 1.27 bits per heavy atom. The van der Waals surface area contributed by atoms with E-state index in [9.17, 15) is 18.0 Å². The molecule has 1 fully saturated rings. The average Bonchev–Trinajstić information content (AvgIpc) is 3.34. The molecule has 1 aromatic carbocycles. The van der Waals surface area contributed by atoms with Gasteiger partial charge in [-0.2, -0.15) is 0 Å². The number of carbonyl (C=O) groups is 1. The van der Waals surface area contributed by atoms with Gasteiger partial charge in [0, 0.05) is 18.2 Å². The van der Waals surface area contributed by atoms with Gasteiger partial charge in [-0.05, 0) is 25.8 Å². The van der Waals surface area contributed by atoms with Gasteiger partial charge in [0.25, 0.3) is 0 Å². The molecule has 0 spiro atoms. The summed E-state index contributed by atoms with van der Waals surface area (Å²) in [6.07, 6.45) is -2.77. The van der Waals surface area contributed by atoms with Gasteiger partial charge in [-0.15, -0.1) is 37.1 Å².